The van der Waals surface area contributed by atoms with E-state index < -0.39 is 0 Å². The van der Waals surface area contributed by atoms with Crippen molar-refractivity contribution < 1.29 is 9.18 Å². The Morgan fingerprint density at radius 3 is 2.57 bits per heavy atom. The standard InChI is InChI=1S/C17H19FN2O/c1-12-4-3-5-16(10-12)20-17(21)11-19-13(2)14-6-8-15(18)9-7-14/h3-10,13,19H,11H2,1-2H3,(H,20,21)/t13-/m0/s1. The Labute approximate surface area is 124 Å². The third-order valence-electron chi connectivity index (χ3n) is 3.24. The lowest BCUT2D eigenvalue weighted by Crippen LogP contribution is -2.30. The van der Waals surface area contributed by atoms with Crippen molar-refractivity contribution in [1.82, 2.24) is 5.32 Å². The highest BCUT2D eigenvalue weighted by molar-refractivity contribution is 5.92. The fraction of sp³-hybridized carbons (Fsp3) is 0.235. The van der Waals surface area contributed by atoms with Gasteiger partial charge in [-0.3, -0.25) is 4.79 Å². The van der Waals surface area contributed by atoms with E-state index in [4.69, 9.17) is 0 Å². The van der Waals surface area contributed by atoms with E-state index in [-0.39, 0.29) is 24.3 Å². The number of hydrogen-bond donors (Lipinski definition) is 2. The van der Waals surface area contributed by atoms with Gasteiger partial charge >= 0.3 is 0 Å². The van der Waals surface area contributed by atoms with Crippen LogP contribution in [0, 0.1) is 12.7 Å². The normalized spacial score (nSPS) is 12.0. The summed E-state index contributed by atoms with van der Waals surface area (Å²) >= 11 is 0. The van der Waals surface area contributed by atoms with E-state index in [1.807, 2.05) is 38.1 Å². The van der Waals surface area contributed by atoms with Crippen molar-refractivity contribution in [2.45, 2.75) is 19.9 Å². The molecule has 21 heavy (non-hydrogen) atoms. The van der Waals surface area contributed by atoms with Crippen LogP contribution in [0.3, 0.4) is 0 Å². The first kappa shape index (κ1) is 15.2. The molecule has 0 saturated carbocycles. The lowest BCUT2D eigenvalue weighted by molar-refractivity contribution is -0.115. The van der Waals surface area contributed by atoms with Crippen molar-refractivity contribution in [2.24, 2.45) is 0 Å². The van der Waals surface area contributed by atoms with Crippen molar-refractivity contribution >= 4 is 11.6 Å². The highest BCUT2D eigenvalue weighted by Crippen LogP contribution is 2.13. The smallest absolute Gasteiger partial charge is 0.238 e. The molecule has 110 valence electrons. The predicted molar refractivity (Wildman–Crippen MR) is 82.6 cm³/mol. The van der Waals surface area contributed by atoms with Crippen molar-refractivity contribution in [3.63, 3.8) is 0 Å². The number of benzene rings is 2. The maximum atomic E-state index is 12.9. The summed E-state index contributed by atoms with van der Waals surface area (Å²) in [6, 6.07) is 13.9. The molecular formula is C17H19FN2O. The highest BCUT2D eigenvalue weighted by atomic mass is 19.1. The van der Waals surface area contributed by atoms with Crippen LogP contribution in [-0.2, 0) is 4.79 Å². The van der Waals surface area contributed by atoms with Crippen LogP contribution >= 0.6 is 0 Å². The number of aryl methyl sites for hydroxylation is 1. The second kappa shape index (κ2) is 6.99. The summed E-state index contributed by atoms with van der Waals surface area (Å²) < 4.78 is 12.9. The number of anilines is 1. The monoisotopic (exact) mass is 286 g/mol. The van der Waals surface area contributed by atoms with E-state index in [9.17, 15) is 9.18 Å². The van der Waals surface area contributed by atoms with Crippen LogP contribution in [0.1, 0.15) is 24.1 Å². The molecule has 0 bridgehead atoms. The number of nitrogens with one attached hydrogen (secondary N) is 2. The molecule has 0 saturated heterocycles. The zero-order valence-corrected chi connectivity index (χ0v) is 12.2. The van der Waals surface area contributed by atoms with Gasteiger partial charge in [0.1, 0.15) is 5.82 Å². The molecule has 0 aliphatic carbocycles. The van der Waals surface area contributed by atoms with Crippen molar-refractivity contribution in [2.75, 3.05) is 11.9 Å². The third kappa shape index (κ3) is 4.68. The molecule has 2 aromatic carbocycles. The zero-order valence-electron chi connectivity index (χ0n) is 12.2. The molecule has 0 aromatic heterocycles. The first-order chi connectivity index (χ1) is 10.0. The molecular weight excluding hydrogens is 267 g/mol. The number of carbonyl (C=O) groups is 1. The van der Waals surface area contributed by atoms with Crippen molar-refractivity contribution in [3.8, 4) is 0 Å². The van der Waals surface area contributed by atoms with Gasteiger partial charge in [-0.2, -0.15) is 0 Å². The average molecular weight is 286 g/mol. The molecule has 0 fully saturated rings. The Kier molecular flexibility index (Phi) is 5.06. The van der Waals surface area contributed by atoms with Crippen LogP contribution in [0.4, 0.5) is 10.1 Å². The van der Waals surface area contributed by atoms with Gasteiger partial charge in [-0.15, -0.1) is 0 Å². The van der Waals surface area contributed by atoms with E-state index in [1.54, 1.807) is 12.1 Å². The fourth-order valence-corrected chi connectivity index (χ4v) is 2.04. The van der Waals surface area contributed by atoms with Gasteiger partial charge in [0.2, 0.25) is 5.91 Å². The molecule has 0 radical (unpaired) electrons. The molecule has 0 aliphatic rings. The summed E-state index contributed by atoms with van der Waals surface area (Å²) in [5, 5.41) is 5.96. The van der Waals surface area contributed by atoms with Crippen LogP contribution in [0.2, 0.25) is 0 Å². The maximum Gasteiger partial charge on any atom is 0.238 e. The average Bonchev–Trinajstić information content (AvgIpc) is 2.45. The van der Waals surface area contributed by atoms with E-state index >= 15 is 0 Å². The quantitative estimate of drug-likeness (QED) is 0.884. The van der Waals surface area contributed by atoms with E-state index in [0.717, 1.165) is 16.8 Å². The van der Waals surface area contributed by atoms with E-state index in [1.165, 1.54) is 12.1 Å². The van der Waals surface area contributed by atoms with E-state index in [2.05, 4.69) is 10.6 Å². The topological polar surface area (TPSA) is 41.1 Å². The van der Waals surface area contributed by atoms with Gasteiger partial charge in [0.15, 0.2) is 0 Å². The molecule has 2 N–H and O–H groups in total. The lowest BCUT2D eigenvalue weighted by atomic mass is 10.1. The molecule has 1 atom stereocenters. The number of amides is 1. The second-order valence-corrected chi connectivity index (χ2v) is 5.07. The molecule has 4 heteroatoms. The van der Waals surface area contributed by atoms with Gasteiger partial charge in [-0.05, 0) is 49.2 Å². The van der Waals surface area contributed by atoms with Crippen LogP contribution < -0.4 is 10.6 Å². The second-order valence-electron chi connectivity index (χ2n) is 5.07. The minimum atomic E-state index is -0.261. The summed E-state index contributed by atoms with van der Waals surface area (Å²) in [6.45, 7) is 4.12. The summed E-state index contributed by atoms with van der Waals surface area (Å²) in [7, 11) is 0. The Balaban J connectivity index is 1.84. The number of hydrogen-bond acceptors (Lipinski definition) is 2. The molecule has 2 aromatic rings. The summed E-state index contributed by atoms with van der Waals surface area (Å²) in [5.41, 5.74) is 2.83. The predicted octanol–water partition coefficient (Wildman–Crippen LogP) is 3.42. The Bertz CT molecular complexity index is 610. The van der Waals surface area contributed by atoms with E-state index in [0.29, 0.717) is 0 Å². The van der Waals surface area contributed by atoms with Gasteiger partial charge in [-0.25, -0.2) is 4.39 Å². The highest BCUT2D eigenvalue weighted by Gasteiger charge is 2.08. The van der Waals surface area contributed by atoms with Gasteiger partial charge in [0.05, 0.1) is 6.54 Å². The fourth-order valence-electron chi connectivity index (χ4n) is 2.04. The van der Waals surface area contributed by atoms with Crippen LogP contribution in [0.5, 0.6) is 0 Å². The minimum absolute atomic E-state index is 0.0196. The summed E-state index contributed by atoms with van der Waals surface area (Å²) in [5.74, 6) is -0.363. The van der Waals surface area contributed by atoms with Gasteiger partial charge in [0, 0.05) is 11.7 Å². The molecule has 0 spiro atoms. The van der Waals surface area contributed by atoms with Crippen molar-refractivity contribution in [3.05, 3.63) is 65.5 Å². The van der Waals surface area contributed by atoms with Gasteiger partial charge < -0.3 is 10.6 Å². The van der Waals surface area contributed by atoms with Gasteiger partial charge in [-0.1, -0.05) is 24.3 Å². The molecule has 2 rings (SSSR count). The van der Waals surface area contributed by atoms with Crippen LogP contribution in [-0.4, -0.2) is 12.5 Å². The SMILES string of the molecule is Cc1cccc(NC(=O)CN[C@@H](C)c2ccc(F)cc2)c1. The van der Waals surface area contributed by atoms with Gasteiger partial charge in [0.25, 0.3) is 0 Å². The summed E-state index contributed by atoms with van der Waals surface area (Å²) in [6.07, 6.45) is 0. The molecule has 0 unspecified atom stereocenters. The minimum Gasteiger partial charge on any atom is -0.325 e. The zero-order chi connectivity index (χ0) is 15.2. The number of halogens is 1. The first-order valence-electron chi connectivity index (χ1n) is 6.90. The van der Waals surface area contributed by atoms with Crippen LogP contribution in [0.15, 0.2) is 48.5 Å². The third-order valence-corrected chi connectivity index (χ3v) is 3.24. The maximum absolute atomic E-state index is 12.9. The van der Waals surface area contributed by atoms with Crippen molar-refractivity contribution in [1.29, 1.82) is 0 Å². The van der Waals surface area contributed by atoms with Crippen LogP contribution in [0.25, 0.3) is 0 Å². The summed E-state index contributed by atoms with van der Waals surface area (Å²) in [4.78, 5) is 11.9. The number of rotatable bonds is 5. The Morgan fingerprint density at radius 2 is 1.90 bits per heavy atom. The molecule has 3 nitrogen and oxygen atoms in total. The lowest BCUT2D eigenvalue weighted by Gasteiger charge is -2.14. The molecule has 1 amide bonds. The number of carbonyl (C=O) groups excluding carboxylic acids is 1. The largest absolute Gasteiger partial charge is 0.325 e. The Hall–Kier alpha value is -2.20. The first-order valence-corrected chi connectivity index (χ1v) is 6.90. The molecule has 0 heterocycles. The Morgan fingerprint density at radius 1 is 1.19 bits per heavy atom. The molecule has 0 aliphatic heterocycles.